The van der Waals surface area contributed by atoms with Crippen molar-refractivity contribution >= 4 is 5.91 Å². The summed E-state index contributed by atoms with van der Waals surface area (Å²) < 4.78 is 0. The van der Waals surface area contributed by atoms with E-state index in [1.807, 2.05) is 4.90 Å². The molecule has 2 atom stereocenters. The fourth-order valence-corrected chi connectivity index (χ4v) is 2.13. The summed E-state index contributed by atoms with van der Waals surface area (Å²) in [5.41, 5.74) is 5.87. The van der Waals surface area contributed by atoms with Crippen molar-refractivity contribution in [2.45, 2.75) is 58.5 Å². The predicted octanol–water partition coefficient (Wildman–Crippen LogP) is 1.76. The van der Waals surface area contributed by atoms with E-state index < -0.39 is 0 Å². The van der Waals surface area contributed by atoms with Gasteiger partial charge in [0.1, 0.15) is 0 Å². The smallest absolute Gasteiger partial charge is 0.222 e. The van der Waals surface area contributed by atoms with Gasteiger partial charge in [0.25, 0.3) is 0 Å². The molecule has 1 aliphatic heterocycles. The van der Waals surface area contributed by atoms with Crippen molar-refractivity contribution < 1.29 is 4.79 Å². The van der Waals surface area contributed by atoms with Crippen molar-refractivity contribution in [1.29, 1.82) is 0 Å². The zero-order chi connectivity index (χ0) is 11.4. The molecule has 0 bridgehead atoms. The van der Waals surface area contributed by atoms with Crippen LogP contribution in [0.25, 0.3) is 0 Å². The fourth-order valence-electron chi connectivity index (χ4n) is 2.13. The summed E-state index contributed by atoms with van der Waals surface area (Å²) in [4.78, 5) is 13.9. The molecule has 1 fully saturated rings. The number of hydrogen-bond donors (Lipinski definition) is 1. The second-order valence-corrected chi connectivity index (χ2v) is 5.15. The maximum Gasteiger partial charge on any atom is 0.222 e. The maximum absolute atomic E-state index is 11.9. The molecule has 0 aromatic carbocycles. The first-order valence-corrected chi connectivity index (χ1v) is 6.05. The van der Waals surface area contributed by atoms with Gasteiger partial charge in [-0.15, -0.1) is 0 Å². The Balaban J connectivity index is 2.38. The molecule has 2 unspecified atom stereocenters. The average Bonchev–Trinajstić information content (AvgIpc) is 2.14. The van der Waals surface area contributed by atoms with Crippen molar-refractivity contribution in [3.05, 3.63) is 0 Å². The highest BCUT2D eigenvalue weighted by atomic mass is 16.2. The number of rotatable bonds is 3. The SMILES string of the molecule is CC(C)CCC(=O)N1CCC(N)CC1C. The van der Waals surface area contributed by atoms with Crippen LogP contribution in [0.4, 0.5) is 0 Å². The molecule has 1 saturated heterocycles. The number of carbonyl (C=O) groups is 1. The van der Waals surface area contributed by atoms with E-state index in [1.54, 1.807) is 0 Å². The Hall–Kier alpha value is -0.570. The van der Waals surface area contributed by atoms with E-state index in [-0.39, 0.29) is 6.04 Å². The lowest BCUT2D eigenvalue weighted by molar-refractivity contribution is -0.134. The first-order chi connectivity index (χ1) is 7.00. The van der Waals surface area contributed by atoms with Gasteiger partial charge in [0.15, 0.2) is 0 Å². The number of nitrogens with zero attached hydrogens (tertiary/aromatic N) is 1. The number of hydrogen-bond acceptors (Lipinski definition) is 2. The highest BCUT2D eigenvalue weighted by molar-refractivity contribution is 5.76. The zero-order valence-electron chi connectivity index (χ0n) is 10.2. The summed E-state index contributed by atoms with van der Waals surface area (Å²) >= 11 is 0. The Morgan fingerprint density at radius 1 is 1.53 bits per heavy atom. The lowest BCUT2D eigenvalue weighted by Gasteiger charge is -2.36. The van der Waals surface area contributed by atoms with Crippen LogP contribution in [0.15, 0.2) is 0 Å². The van der Waals surface area contributed by atoms with E-state index in [0.717, 1.165) is 25.8 Å². The topological polar surface area (TPSA) is 46.3 Å². The van der Waals surface area contributed by atoms with Crippen LogP contribution < -0.4 is 5.73 Å². The number of nitrogens with two attached hydrogens (primary N) is 1. The molecule has 0 saturated carbocycles. The van der Waals surface area contributed by atoms with E-state index in [2.05, 4.69) is 20.8 Å². The van der Waals surface area contributed by atoms with Crippen molar-refractivity contribution in [2.24, 2.45) is 11.7 Å². The molecule has 15 heavy (non-hydrogen) atoms. The second kappa shape index (κ2) is 5.50. The minimum atomic E-state index is 0.286. The highest BCUT2D eigenvalue weighted by Crippen LogP contribution is 2.18. The van der Waals surface area contributed by atoms with Gasteiger partial charge in [0, 0.05) is 25.0 Å². The van der Waals surface area contributed by atoms with Crippen molar-refractivity contribution in [2.75, 3.05) is 6.54 Å². The third-order valence-electron chi connectivity index (χ3n) is 3.17. The third kappa shape index (κ3) is 3.82. The standard InChI is InChI=1S/C12H24N2O/c1-9(2)4-5-12(15)14-7-6-11(13)8-10(14)3/h9-11H,4-8,13H2,1-3H3. The van der Waals surface area contributed by atoms with Gasteiger partial charge in [0.05, 0.1) is 0 Å². The summed E-state index contributed by atoms with van der Waals surface area (Å²) in [7, 11) is 0. The van der Waals surface area contributed by atoms with E-state index in [9.17, 15) is 4.79 Å². The Morgan fingerprint density at radius 2 is 2.20 bits per heavy atom. The van der Waals surface area contributed by atoms with Gasteiger partial charge >= 0.3 is 0 Å². The third-order valence-corrected chi connectivity index (χ3v) is 3.17. The van der Waals surface area contributed by atoms with E-state index >= 15 is 0 Å². The molecule has 88 valence electrons. The van der Waals surface area contributed by atoms with Crippen molar-refractivity contribution in [3.63, 3.8) is 0 Å². The monoisotopic (exact) mass is 212 g/mol. The fraction of sp³-hybridized carbons (Fsp3) is 0.917. The Labute approximate surface area is 93.0 Å². The Bertz CT molecular complexity index is 216. The minimum absolute atomic E-state index is 0.286. The molecule has 0 aromatic rings. The minimum Gasteiger partial charge on any atom is -0.340 e. The van der Waals surface area contributed by atoms with Crippen LogP contribution in [0, 0.1) is 5.92 Å². The van der Waals surface area contributed by atoms with Crippen LogP contribution in [-0.4, -0.2) is 29.4 Å². The molecule has 1 amide bonds. The molecule has 3 heteroatoms. The van der Waals surface area contributed by atoms with Gasteiger partial charge in [-0.25, -0.2) is 0 Å². The van der Waals surface area contributed by atoms with Crippen LogP contribution >= 0.6 is 0 Å². The largest absolute Gasteiger partial charge is 0.340 e. The molecule has 0 aliphatic carbocycles. The van der Waals surface area contributed by atoms with Crippen molar-refractivity contribution in [1.82, 2.24) is 4.90 Å². The number of likely N-dealkylation sites (tertiary alicyclic amines) is 1. The molecular weight excluding hydrogens is 188 g/mol. The zero-order valence-corrected chi connectivity index (χ0v) is 10.2. The maximum atomic E-state index is 11.9. The molecular formula is C12H24N2O. The number of piperidine rings is 1. The summed E-state index contributed by atoms with van der Waals surface area (Å²) in [6, 6.07) is 0.613. The van der Waals surface area contributed by atoms with Crippen LogP contribution in [0.1, 0.15) is 46.5 Å². The van der Waals surface area contributed by atoms with Crippen LogP contribution in [0.3, 0.4) is 0 Å². The van der Waals surface area contributed by atoms with E-state index in [0.29, 0.717) is 24.3 Å². The molecule has 3 nitrogen and oxygen atoms in total. The first-order valence-electron chi connectivity index (χ1n) is 6.05. The highest BCUT2D eigenvalue weighted by Gasteiger charge is 2.26. The Kier molecular flexibility index (Phi) is 4.58. The molecule has 0 spiro atoms. The molecule has 1 rings (SSSR count). The lowest BCUT2D eigenvalue weighted by atomic mass is 9.98. The predicted molar refractivity (Wildman–Crippen MR) is 62.5 cm³/mol. The van der Waals surface area contributed by atoms with Gasteiger partial charge in [-0.2, -0.15) is 0 Å². The first kappa shape index (κ1) is 12.5. The van der Waals surface area contributed by atoms with Crippen LogP contribution in [0.2, 0.25) is 0 Å². The molecule has 0 radical (unpaired) electrons. The molecule has 1 heterocycles. The van der Waals surface area contributed by atoms with E-state index in [4.69, 9.17) is 5.73 Å². The second-order valence-electron chi connectivity index (χ2n) is 5.15. The summed E-state index contributed by atoms with van der Waals surface area (Å²) in [5.74, 6) is 0.916. The molecule has 2 N–H and O–H groups in total. The normalized spacial score (nSPS) is 27.1. The van der Waals surface area contributed by atoms with Gasteiger partial charge in [-0.3, -0.25) is 4.79 Å². The Morgan fingerprint density at radius 3 is 2.73 bits per heavy atom. The average molecular weight is 212 g/mol. The summed E-state index contributed by atoms with van der Waals surface area (Å²) in [6.07, 6.45) is 3.59. The molecule has 1 aliphatic rings. The van der Waals surface area contributed by atoms with Gasteiger partial charge in [-0.05, 0) is 32.1 Å². The number of amides is 1. The van der Waals surface area contributed by atoms with Crippen LogP contribution in [-0.2, 0) is 4.79 Å². The van der Waals surface area contributed by atoms with E-state index in [1.165, 1.54) is 0 Å². The van der Waals surface area contributed by atoms with Gasteiger partial charge in [0.2, 0.25) is 5.91 Å². The van der Waals surface area contributed by atoms with Gasteiger partial charge in [-0.1, -0.05) is 13.8 Å². The summed E-state index contributed by atoms with van der Waals surface area (Å²) in [5, 5.41) is 0. The lowest BCUT2D eigenvalue weighted by Crippen LogP contribution is -2.48. The quantitative estimate of drug-likeness (QED) is 0.775. The van der Waals surface area contributed by atoms with Gasteiger partial charge < -0.3 is 10.6 Å². The number of carbonyl (C=O) groups excluding carboxylic acids is 1. The summed E-state index contributed by atoms with van der Waals surface area (Å²) in [6.45, 7) is 7.26. The van der Waals surface area contributed by atoms with Crippen LogP contribution in [0.5, 0.6) is 0 Å². The molecule has 0 aromatic heterocycles. The van der Waals surface area contributed by atoms with Crippen molar-refractivity contribution in [3.8, 4) is 0 Å².